The number of urea groups is 1. The normalized spacial score (nSPS) is 11.3. The Morgan fingerprint density at radius 2 is 1.78 bits per heavy atom. The summed E-state index contributed by atoms with van der Waals surface area (Å²) in [5, 5.41) is 4.41. The molecule has 0 aliphatic carbocycles. The number of carbonyl (C=O) groups excluding carboxylic acids is 2. The summed E-state index contributed by atoms with van der Waals surface area (Å²) in [5.74, 6) is -1.63. The molecule has 0 aliphatic heterocycles. The zero-order valence-corrected chi connectivity index (χ0v) is 20.5. The molecular weight excluding hydrogens is 537 g/mol. The fraction of sp³-hybridized carbons (Fsp3) is 0.0476. The number of fused-ring (bicyclic) bond motifs is 1. The van der Waals surface area contributed by atoms with Crippen LogP contribution in [0, 0.1) is 5.82 Å². The van der Waals surface area contributed by atoms with Gasteiger partial charge in [0.05, 0.1) is 26.6 Å². The van der Waals surface area contributed by atoms with Crippen LogP contribution in [0.2, 0.25) is 4.34 Å². The van der Waals surface area contributed by atoms with Gasteiger partial charge in [0, 0.05) is 12.6 Å². The number of thiophene rings is 1. The number of nitrogens with one attached hydrogen (secondary N) is 4. The molecular formula is C21H15ClFN5O6S2. The van der Waals surface area contributed by atoms with Gasteiger partial charge in [-0.3, -0.25) is 14.9 Å². The molecule has 0 spiro atoms. The van der Waals surface area contributed by atoms with E-state index in [0.29, 0.717) is 0 Å². The largest absolute Gasteiger partial charge is 0.386 e. The zero-order valence-electron chi connectivity index (χ0n) is 18.1. The van der Waals surface area contributed by atoms with Crippen molar-refractivity contribution in [2.45, 2.75) is 4.21 Å². The number of amides is 3. The van der Waals surface area contributed by atoms with E-state index < -0.39 is 39.0 Å². The van der Waals surface area contributed by atoms with Crippen molar-refractivity contribution >= 4 is 61.5 Å². The van der Waals surface area contributed by atoms with Crippen molar-refractivity contribution in [3.05, 3.63) is 85.1 Å². The minimum Gasteiger partial charge on any atom is -0.386 e. The summed E-state index contributed by atoms with van der Waals surface area (Å²) in [6.45, 7) is 0. The van der Waals surface area contributed by atoms with E-state index in [-0.39, 0.29) is 36.4 Å². The van der Waals surface area contributed by atoms with E-state index in [0.717, 1.165) is 22.0 Å². The molecule has 4 N–H and O–H groups in total. The molecule has 2 aromatic carbocycles. The highest BCUT2D eigenvalue weighted by atomic mass is 35.5. The van der Waals surface area contributed by atoms with E-state index in [1.165, 1.54) is 49.5 Å². The second-order valence-electron chi connectivity index (χ2n) is 7.19. The third-order valence-electron chi connectivity index (χ3n) is 4.91. The number of aromatic nitrogens is 2. The molecule has 0 unspecified atom stereocenters. The highest BCUT2D eigenvalue weighted by molar-refractivity contribution is 7.92. The van der Waals surface area contributed by atoms with Gasteiger partial charge in [0.25, 0.3) is 21.5 Å². The van der Waals surface area contributed by atoms with Crippen LogP contribution in [0.4, 0.5) is 14.9 Å². The van der Waals surface area contributed by atoms with Gasteiger partial charge in [-0.05, 0) is 48.5 Å². The lowest BCUT2D eigenvalue weighted by Gasteiger charge is -2.10. The van der Waals surface area contributed by atoms with Crippen molar-refractivity contribution in [3.63, 3.8) is 0 Å². The van der Waals surface area contributed by atoms with Crippen LogP contribution in [-0.4, -0.2) is 37.0 Å². The van der Waals surface area contributed by atoms with E-state index in [9.17, 15) is 32.0 Å². The molecule has 0 radical (unpaired) electrons. The molecule has 15 heteroatoms. The average Bonchev–Trinajstić information content (AvgIpc) is 3.26. The first-order valence-electron chi connectivity index (χ1n) is 9.90. The maximum atomic E-state index is 14.2. The fourth-order valence-electron chi connectivity index (χ4n) is 3.24. The summed E-state index contributed by atoms with van der Waals surface area (Å²) in [4.78, 5) is 52.3. The summed E-state index contributed by atoms with van der Waals surface area (Å²) >= 11 is 6.43. The summed E-state index contributed by atoms with van der Waals surface area (Å²) < 4.78 is 40.9. The first-order chi connectivity index (χ1) is 17.0. The SMILES string of the molecule is CNc1cc2[nH]c(=O)n(-c3ccc(C(=O)NC(=O)NS(=O)(=O)c4ccc(Cl)s4)cc3)c(=O)c2cc1F. The minimum absolute atomic E-state index is 0.0689. The second-order valence-corrected chi connectivity index (χ2v) is 10.8. The van der Waals surface area contributed by atoms with Gasteiger partial charge in [-0.1, -0.05) is 11.6 Å². The maximum absolute atomic E-state index is 14.2. The Kier molecular flexibility index (Phi) is 6.67. The number of hydrogen-bond acceptors (Lipinski definition) is 8. The molecule has 0 atom stereocenters. The molecule has 4 rings (SSSR count). The molecule has 11 nitrogen and oxygen atoms in total. The van der Waals surface area contributed by atoms with Crippen molar-refractivity contribution in [2.75, 3.05) is 12.4 Å². The van der Waals surface area contributed by atoms with Crippen LogP contribution < -0.4 is 26.6 Å². The van der Waals surface area contributed by atoms with Crippen LogP contribution in [0.3, 0.4) is 0 Å². The quantitative estimate of drug-likeness (QED) is 0.296. The third-order valence-corrected chi connectivity index (χ3v) is 7.96. The minimum atomic E-state index is -4.23. The van der Waals surface area contributed by atoms with Crippen molar-refractivity contribution in [1.82, 2.24) is 19.6 Å². The zero-order chi connectivity index (χ0) is 26.2. The molecule has 0 saturated heterocycles. The van der Waals surface area contributed by atoms with E-state index in [1.54, 1.807) is 4.72 Å². The molecule has 0 bridgehead atoms. The summed E-state index contributed by atoms with van der Waals surface area (Å²) in [7, 11) is -2.74. The van der Waals surface area contributed by atoms with Crippen molar-refractivity contribution < 1.29 is 22.4 Å². The van der Waals surface area contributed by atoms with Crippen LogP contribution in [0.25, 0.3) is 16.6 Å². The smallest absolute Gasteiger partial charge is 0.335 e. The van der Waals surface area contributed by atoms with E-state index in [1.807, 2.05) is 5.32 Å². The number of aromatic amines is 1. The predicted octanol–water partition coefficient (Wildman–Crippen LogP) is 2.40. The van der Waals surface area contributed by atoms with Gasteiger partial charge >= 0.3 is 11.7 Å². The molecule has 2 heterocycles. The molecule has 3 amide bonds. The summed E-state index contributed by atoms with van der Waals surface area (Å²) in [6.07, 6.45) is 0. The first kappa shape index (κ1) is 25.1. The van der Waals surface area contributed by atoms with Crippen LogP contribution in [-0.2, 0) is 10.0 Å². The van der Waals surface area contributed by atoms with Crippen molar-refractivity contribution in [2.24, 2.45) is 0 Å². The maximum Gasteiger partial charge on any atom is 0.335 e. The van der Waals surface area contributed by atoms with E-state index in [2.05, 4.69) is 10.3 Å². The van der Waals surface area contributed by atoms with Gasteiger partial charge in [0.1, 0.15) is 10.0 Å². The number of H-pyrrole nitrogens is 1. The van der Waals surface area contributed by atoms with Gasteiger partial charge in [-0.2, -0.15) is 0 Å². The number of nitrogens with zero attached hydrogens (tertiary/aromatic N) is 1. The number of rotatable bonds is 5. The lowest BCUT2D eigenvalue weighted by Crippen LogP contribution is -2.42. The van der Waals surface area contributed by atoms with Gasteiger partial charge < -0.3 is 10.3 Å². The van der Waals surface area contributed by atoms with Gasteiger partial charge in [-0.15, -0.1) is 11.3 Å². The third kappa shape index (κ3) is 4.86. The molecule has 2 aromatic heterocycles. The number of hydrogen-bond donors (Lipinski definition) is 4. The fourth-order valence-corrected chi connectivity index (χ4v) is 5.63. The predicted molar refractivity (Wildman–Crippen MR) is 132 cm³/mol. The van der Waals surface area contributed by atoms with Crippen molar-refractivity contribution in [3.8, 4) is 5.69 Å². The molecule has 0 saturated carbocycles. The van der Waals surface area contributed by atoms with Crippen molar-refractivity contribution in [1.29, 1.82) is 0 Å². The molecule has 186 valence electrons. The Balaban J connectivity index is 1.56. The lowest BCUT2D eigenvalue weighted by atomic mass is 10.2. The average molecular weight is 552 g/mol. The van der Waals surface area contributed by atoms with Gasteiger partial charge in [0.2, 0.25) is 0 Å². The Morgan fingerprint density at radius 3 is 2.39 bits per heavy atom. The monoisotopic (exact) mass is 551 g/mol. The van der Waals surface area contributed by atoms with Crippen LogP contribution in [0.1, 0.15) is 10.4 Å². The number of halogens is 2. The summed E-state index contributed by atoms with van der Waals surface area (Å²) in [6, 6.07) is 8.49. The molecule has 0 aliphatic rings. The molecule has 4 aromatic rings. The second kappa shape index (κ2) is 9.56. The Labute approximate surface area is 210 Å². The Bertz CT molecular complexity index is 1750. The van der Waals surface area contributed by atoms with Gasteiger partial charge in [0.15, 0.2) is 0 Å². The Hall–Kier alpha value is -4.01. The topological polar surface area (TPSA) is 159 Å². The highest BCUT2D eigenvalue weighted by Gasteiger charge is 2.21. The number of carbonyl (C=O) groups is 2. The first-order valence-corrected chi connectivity index (χ1v) is 12.6. The number of anilines is 1. The van der Waals surface area contributed by atoms with Crippen LogP contribution in [0.15, 0.2) is 62.3 Å². The molecule has 0 fully saturated rings. The van der Waals surface area contributed by atoms with E-state index in [4.69, 9.17) is 11.6 Å². The standard InChI is InChI=1S/C21H15ClFN5O6S2/c1-24-15-9-14-12(8-13(15)23)19(30)28(21(32)25-14)11-4-2-10(3-5-11)18(29)26-20(31)27-36(33,34)17-7-6-16(22)35-17/h2-9,24H,1H3,(H,25,32)(H2,26,27,29,31). The number of sulfonamides is 1. The lowest BCUT2D eigenvalue weighted by molar-refractivity contribution is 0.0965. The number of imide groups is 1. The van der Waals surface area contributed by atoms with E-state index >= 15 is 0 Å². The van der Waals surface area contributed by atoms with Gasteiger partial charge in [-0.25, -0.2) is 31.7 Å². The summed E-state index contributed by atoms with van der Waals surface area (Å²) in [5.41, 5.74) is -1.35. The van der Waals surface area contributed by atoms with Crippen LogP contribution in [0.5, 0.6) is 0 Å². The Morgan fingerprint density at radius 1 is 1.08 bits per heavy atom. The highest BCUT2D eigenvalue weighted by Crippen LogP contribution is 2.25. The van der Waals surface area contributed by atoms with Crippen LogP contribution >= 0.6 is 22.9 Å². The number of benzene rings is 2. The molecule has 36 heavy (non-hydrogen) atoms.